The molecule has 3 rings (SSSR count). The first kappa shape index (κ1) is 22.1. The Bertz CT molecular complexity index is 865. The predicted molar refractivity (Wildman–Crippen MR) is 123 cm³/mol. The zero-order valence-corrected chi connectivity index (χ0v) is 19.9. The Labute approximate surface area is 187 Å². The van der Waals surface area contributed by atoms with E-state index in [1.54, 1.807) is 0 Å². The number of benzene rings is 1. The molecule has 1 N–H and O–H groups in total. The van der Waals surface area contributed by atoms with E-state index in [9.17, 15) is 9.59 Å². The molecule has 0 radical (unpaired) electrons. The van der Waals surface area contributed by atoms with Crippen LogP contribution in [0.4, 0.5) is 0 Å². The lowest BCUT2D eigenvalue weighted by atomic mass is 9.68. The summed E-state index contributed by atoms with van der Waals surface area (Å²) in [6.45, 7) is 8.68. The normalized spacial score (nSPS) is 21.0. The number of hydrogen-bond acceptors (Lipinski definition) is 4. The summed E-state index contributed by atoms with van der Waals surface area (Å²) >= 11 is 2.27. The van der Waals surface area contributed by atoms with Gasteiger partial charge in [-0.15, -0.1) is 0 Å². The van der Waals surface area contributed by atoms with Crippen LogP contribution in [0.25, 0.3) is 0 Å². The van der Waals surface area contributed by atoms with Gasteiger partial charge in [0.15, 0.2) is 5.78 Å². The number of halogens is 1. The molecule has 0 bridgehead atoms. The number of nitrogens with one attached hydrogen (secondary N) is 1. The van der Waals surface area contributed by atoms with Crippen LogP contribution in [-0.2, 0) is 14.3 Å². The summed E-state index contributed by atoms with van der Waals surface area (Å²) in [6.07, 6.45) is 4.26. The Morgan fingerprint density at radius 3 is 2.55 bits per heavy atom. The van der Waals surface area contributed by atoms with E-state index >= 15 is 0 Å². The van der Waals surface area contributed by atoms with E-state index in [0.29, 0.717) is 18.6 Å². The molecule has 0 spiro atoms. The van der Waals surface area contributed by atoms with Crippen molar-refractivity contribution >= 4 is 34.3 Å². The van der Waals surface area contributed by atoms with Crippen LogP contribution in [0, 0.1) is 8.99 Å². The number of ether oxygens (including phenoxy) is 1. The van der Waals surface area contributed by atoms with Gasteiger partial charge >= 0.3 is 5.97 Å². The number of esters is 1. The standard InChI is InChI=1S/C24H30INO3/c1-5-6-7-12-29-23(28)20-15(2)26-18-13-24(3,4)14-19(27)22(18)21(20)16-8-10-17(25)11-9-16/h8-11,21,26H,5-7,12-14H2,1-4H3. The number of rotatable bonds is 6. The van der Waals surface area contributed by atoms with Crippen molar-refractivity contribution in [2.75, 3.05) is 6.61 Å². The summed E-state index contributed by atoms with van der Waals surface area (Å²) in [5, 5.41) is 3.38. The number of Topliss-reactive ketones (excluding diaryl/α,β-unsaturated/α-hetero) is 1. The minimum Gasteiger partial charge on any atom is -0.462 e. The van der Waals surface area contributed by atoms with Gasteiger partial charge in [-0.2, -0.15) is 0 Å². The summed E-state index contributed by atoms with van der Waals surface area (Å²) in [5.74, 6) is -0.569. The van der Waals surface area contributed by atoms with Crippen molar-refractivity contribution in [1.82, 2.24) is 5.32 Å². The van der Waals surface area contributed by atoms with E-state index in [0.717, 1.165) is 51.8 Å². The third-order valence-electron chi connectivity index (χ3n) is 5.64. The smallest absolute Gasteiger partial charge is 0.336 e. The molecule has 1 unspecified atom stereocenters. The summed E-state index contributed by atoms with van der Waals surface area (Å²) < 4.78 is 6.73. The molecule has 4 nitrogen and oxygen atoms in total. The average molecular weight is 507 g/mol. The molecule has 0 aromatic heterocycles. The summed E-state index contributed by atoms with van der Waals surface area (Å²) in [7, 11) is 0. The molecule has 1 aliphatic heterocycles. The molecule has 1 aromatic rings. The van der Waals surface area contributed by atoms with Gasteiger partial charge in [-0.05, 0) is 65.5 Å². The van der Waals surface area contributed by atoms with Gasteiger partial charge in [0.05, 0.1) is 12.2 Å². The number of carbonyl (C=O) groups is 2. The first-order chi connectivity index (χ1) is 13.7. The van der Waals surface area contributed by atoms with Crippen LogP contribution in [0.15, 0.2) is 46.8 Å². The van der Waals surface area contributed by atoms with Gasteiger partial charge in [0.1, 0.15) is 0 Å². The van der Waals surface area contributed by atoms with E-state index in [1.165, 1.54) is 0 Å². The fourth-order valence-electron chi connectivity index (χ4n) is 4.29. The summed E-state index contributed by atoms with van der Waals surface area (Å²) in [6, 6.07) is 8.09. The third-order valence-corrected chi connectivity index (χ3v) is 6.36. The zero-order valence-electron chi connectivity index (χ0n) is 17.7. The van der Waals surface area contributed by atoms with E-state index in [2.05, 4.69) is 48.7 Å². The minimum atomic E-state index is -0.370. The van der Waals surface area contributed by atoms with Crippen LogP contribution < -0.4 is 5.32 Å². The molecule has 29 heavy (non-hydrogen) atoms. The molecule has 1 heterocycles. The van der Waals surface area contributed by atoms with Crippen LogP contribution in [0.3, 0.4) is 0 Å². The van der Waals surface area contributed by atoms with Gasteiger partial charge in [0.2, 0.25) is 0 Å². The minimum absolute atomic E-state index is 0.0853. The Hall–Kier alpha value is -1.63. The molecular formula is C24H30INO3. The van der Waals surface area contributed by atoms with E-state index in [1.807, 2.05) is 31.2 Å². The van der Waals surface area contributed by atoms with Crippen molar-refractivity contribution in [1.29, 1.82) is 0 Å². The SMILES string of the molecule is CCCCCOC(=O)C1=C(C)NC2=C(C(=O)CC(C)(C)C2)C1c1ccc(I)cc1. The quantitative estimate of drug-likeness (QED) is 0.308. The van der Waals surface area contributed by atoms with Gasteiger partial charge in [-0.3, -0.25) is 4.79 Å². The fraction of sp³-hybridized carbons (Fsp3) is 0.500. The van der Waals surface area contributed by atoms with Crippen molar-refractivity contribution in [2.24, 2.45) is 5.41 Å². The van der Waals surface area contributed by atoms with Gasteiger partial charge in [0.25, 0.3) is 0 Å². The van der Waals surface area contributed by atoms with E-state index < -0.39 is 0 Å². The van der Waals surface area contributed by atoms with Crippen LogP contribution in [-0.4, -0.2) is 18.4 Å². The molecule has 1 atom stereocenters. The second-order valence-electron chi connectivity index (χ2n) is 8.82. The zero-order chi connectivity index (χ0) is 21.2. The lowest BCUT2D eigenvalue weighted by molar-refractivity contribution is -0.139. The number of dihydropyridines is 1. The van der Waals surface area contributed by atoms with Crippen LogP contribution in [0.5, 0.6) is 0 Å². The maximum absolute atomic E-state index is 13.2. The van der Waals surface area contributed by atoms with Gasteiger partial charge < -0.3 is 10.1 Å². The van der Waals surface area contributed by atoms with Crippen LogP contribution >= 0.6 is 22.6 Å². The highest BCUT2D eigenvalue weighted by atomic mass is 127. The highest BCUT2D eigenvalue weighted by Gasteiger charge is 2.43. The van der Waals surface area contributed by atoms with Crippen molar-refractivity contribution < 1.29 is 14.3 Å². The lowest BCUT2D eigenvalue weighted by Crippen LogP contribution is -2.38. The van der Waals surface area contributed by atoms with Gasteiger partial charge in [-0.25, -0.2) is 4.79 Å². The molecule has 1 aliphatic carbocycles. The van der Waals surface area contributed by atoms with Crippen molar-refractivity contribution in [2.45, 2.75) is 65.7 Å². The number of unbranched alkanes of at least 4 members (excludes halogenated alkanes) is 2. The Kier molecular flexibility index (Phi) is 6.87. The van der Waals surface area contributed by atoms with Crippen molar-refractivity contribution in [3.63, 3.8) is 0 Å². The molecule has 0 fully saturated rings. The fourth-order valence-corrected chi connectivity index (χ4v) is 4.65. The van der Waals surface area contributed by atoms with Gasteiger partial charge in [-0.1, -0.05) is 45.7 Å². The second kappa shape index (κ2) is 9.02. The second-order valence-corrected chi connectivity index (χ2v) is 10.1. The van der Waals surface area contributed by atoms with Crippen molar-refractivity contribution in [3.8, 4) is 0 Å². The molecule has 1 aromatic carbocycles. The predicted octanol–water partition coefficient (Wildman–Crippen LogP) is 5.63. The molecule has 0 saturated carbocycles. The first-order valence-electron chi connectivity index (χ1n) is 10.4. The maximum atomic E-state index is 13.2. The van der Waals surface area contributed by atoms with Gasteiger partial charge in [0, 0.05) is 32.9 Å². The molecular weight excluding hydrogens is 477 g/mol. The average Bonchev–Trinajstić information content (AvgIpc) is 2.63. The monoisotopic (exact) mass is 507 g/mol. The molecule has 156 valence electrons. The Balaban J connectivity index is 2.01. The Morgan fingerprint density at radius 2 is 1.90 bits per heavy atom. The number of hydrogen-bond donors (Lipinski definition) is 1. The molecule has 0 saturated heterocycles. The first-order valence-corrected chi connectivity index (χ1v) is 11.5. The lowest BCUT2D eigenvalue weighted by Gasteiger charge is -2.39. The summed E-state index contributed by atoms with van der Waals surface area (Å²) in [5.41, 5.74) is 3.92. The maximum Gasteiger partial charge on any atom is 0.336 e. The highest BCUT2D eigenvalue weighted by molar-refractivity contribution is 14.1. The van der Waals surface area contributed by atoms with Crippen molar-refractivity contribution in [3.05, 3.63) is 55.9 Å². The topological polar surface area (TPSA) is 55.4 Å². The third kappa shape index (κ3) is 4.93. The van der Waals surface area contributed by atoms with Crippen LogP contribution in [0.2, 0.25) is 0 Å². The summed E-state index contributed by atoms with van der Waals surface area (Å²) in [4.78, 5) is 26.3. The van der Waals surface area contributed by atoms with Crippen LogP contribution in [0.1, 0.15) is 71.3 Å². The number of allylic oxidation sites excluding steroid dienone is 3. The number of ketones is 1. The molecule has 2 aliphatic rings. The highest BCUT2D eigenvalue weighted by Crippen LogP contribution is 2.46. The Morgan fingerprint density at radius 1 is 1.21 bits per heavy atom. The molecule has 0 amide bonds. The van der Waals surface area contributed by atoms with E-state index in [4.69, 9.17) is 4.74 Å². The largest absolute Gasteiger partial charge is 0.462 e. The number of carbonyl (C=O) groups excluding carboxylic acids is 2. The van der Waals surface area contributed by atoms with E-state index in [-0.39, 0.29) is 23.1 Å². The molecule has 5 heteroatoms.